The quantitative estimate of drug-likeness (QED) is 0.662. The monoisotopic (exact) mass is 380 g/mol. The SMILES string of the molecule is CCc1nc(COC(=O)c2cc(OC)c(OCC(N)=O)c(OC)c2)cs1. The fourth-order valence-electron chi connectivity index (χ4n) is 2.08. The molecule has 2 aromatic rings. The van der Waals surface area contributed by atoms with Crippen LogP contribution in [0.2, 0.25) is 0 Å². The maximum atomic E-state index is 12.3. The van der Waals surface area contributed by atoms with Gasteiger partial charge in [0.25, 0.3) is 5.91 Å². The van der Waals surface area contributed by atoms with E-state index in [1.165, 1.54) is 37.7 Å². The maximum Gasteiger partial charge on any atom is 0.338 e. The Hall–Kier alpha value is -2.81. The lowest BCUT2D eigenvalue weighted by Crippen LogP contribution is -2.20. The van der Waals surface area contributed by atoms with Crippen LogP contribution in [0.3, 0.4) is 0 Å². The Morgan fingerprint density at radius 2 is 1.85 bits per heavy atom. The fraction of sp³-hybridized carbons (Fsp3) is 0.353. The molecule has 0 spiro atoms. The van der Waals surface area contributed by atoms with Gasteiger partial charge in [0.2, 0.25) is 5.75 Å². The Bertz CT molecular complexity index is 764. The number of methoxy groups -OCH3 is 2. The molecule has 9 heteroatoms. The molecular weight excluding hydrogens is 360 g/mol. The van der Waals surface area contributed by atoms with Crippen molar-refractivity contribution < 1.29 is 28.5 Å². The van der Waals surface area contributed by atoms with Crippen LogP contribution in [-0.4, -0.2) is 37.7 Å². The van der Waals surface area contributed by atoms with Crippen molar-refractivity contribution >= 4 is 23.2 Å². The van der Waals surface area contributed by atoms with Crippen LogP contribution in [0.1, 0.15) is 28.0 Å². The highest BCUT2D eigenvalue weighted by atomic mass is 32.1. The predicted molar refractivity (Wildman–Crippen MR) is 94.8 cm³/mol. The second-order valence-corrected chi connectivity index (χ2v) is 6.07. The molecule has 1 aromatic carbocycles. The Morgan fingerprint density at radius 3 is 2.35 bits per heavy atom. The van der Waals surface area contributed by atoms with E-state index < -0.39 is 11.9 Å². The van der Waals surface area contributed by atoms with Crippen molar-refractivity contribution in [3.63, 3.8) is 0 Å². The van der Waals surface area contributed by atoms with Crippen molar-refractivity contribution in [1.82, 2.24) is 4.98 Å². The minimum Gasteiger partial charge on any atom is -0.493 e. The van der Waals surface area contributed by atoms with Crippen LogP contribution < -0.4 is 19.9 Å². The molecule has 0 atom stereocenters. The van der Waals surface area contributed by atoms with E-state index >= 15 is 0 Å². The normalized spacial score (nSPS) is 10.3. The fourth-order valence-corrected chi connectivity index (χ4v) is 2.81. The Labute approximate surface area is 154 Å². The van der Waals surface area contributed by atoms with Gasteiger partial charge in [0.05, 0.1) is 30.5 Å². The standard InChI is InChI=1S/C17H20N2O6S/c1-4-15-19-11(9-26-15)7-25-17(21)10-5-12(22-2)16(13(6-10)23-3)24-8-14(18)20/h5-6,9H,4,7-8H2,1-3H3,(H2,18,20). The van der Waals surface area contributed by atoms with E-state index in [4.69, 9.17) is 24.7 Å². The molecule has 0 bridgehead atoms. The van der Waals surface area contributed by atoms with Gasteiger partial charge in [0.1, 0.15) is 6.61 Å². The number of nitrogens with zero attached hydrogens (tertiary/aromatic N) is 1. The summed E-state index contributed by atoms with van der Waals surface area (Å²) in [7, 11) is 2.81. The second kappa shape index (κ2) is 9.04. The number of aromatic nitrogens is 1. The third kappa shape index (κ3) is 4.85. The second-order valence-electron chi connectivity index (χ2n) is 5.13. The van der Waals surface area contributed by atoms with Crippen LogP contribution in [0.25, 0.3) is 0 Å². The molecule has 1 heterocycles. The van der Waals surface area contributed by atoms with E-state index in [0.717, 1.165) is 11.4 Å². The lowest BCUT2D eigenvalue weighted by molar-refractivity contribution is -0.120. The van der Waals surface area contributed by atoms with Crippen LogP contribution in [0.15, 0.2) is 17.5 Å². The van der Waals surface area contributed by atoms with E-state index in [0.29, 0.717) is 5.69 Å². The molecule has 1 aromatic heterocycles. The van der Waals surface area contributed by atoms with Crippen molar-refractivity contribution in [3.05, 3.63) is 33.8 Å². The molecule has 140 valence electrons. The van der Waals surface area contributed by atoms with E-state index in [2.05, 4.69) is 4.98 Å². The molecule has 2 N–H and O–H groups in total. The number of hydrogen-bond donors (Lipinski definition) is 1. The highest BCUT2D eigenvalue weighted by Crippen LogP contribution is 2.38. The van der Waals surface area contributed by atoms with Crippen LogP contribution in [0.5, 0.6) is 17.2 Å². The van der Waals surface area contributed by atoms with Gasteiger partial charge in [-0.1, -0.05) is 6.92 Å². The third-order valence-corrected chi connectivity index (χ3v) is 4.35. The summed E-state index contributed by atoms with van der Waals surface area (Å²) in [5, 5.41) is 2.84. The number of primary amides is 1. The predicted octanol–water partition coefficient (Wildman–Crippen LogP) is 1.94. The summed E-state index contributed by atoms with van der Waals surface area (Å²) in [6, 6.07) is 2.89. The highest BCUT2D eigenvalue weighted by Gasteiger charge is 2.19. The lowest BCUT2D eigenvalue weighted by atomic mass is 10.2. The van der Waals surface area contributed by atoms with E-state index in [1.54, 1.807) is 0 Å². The number of hydrogen-bond acceptors (Lipinski definition) is 8. The largest absolute Gasteiger partial charge is 0.493 e. The van der Waals surface area contributed by atoms with Crippen molar-refractivity contribution in [1.29, 1.82) is 0 Å². The molecule has 0 radical (unpaired) electrons. The van der Waals surface area contributed by atoms with Crippen LogP contribution in [-0.2, 0) is 22.6 Å². The Balaban J connectivity index is 2.16. The van der Waals surface area contributed by atoms with E-state index in [9.17, 15) is 9.59 Å². The number of thiazole rings is 1. The summed E-state index contributed by atoms with van der Waals surface area (Å²) >= 11 is 1.52. The minimum absolute atomic E-state index is 0.0693. The molecule has 1 amide bonds. The third-order valence-electron chi connectivity index (χ3n) is 3.31. The molecule has 0 saturated carbocycles. The van der Waals surface area contributed by atoms with Gasteiger partial charge in [0, 0.05) is 5.38 Å². The van der Waals surface area contributed by atoms with Crippen molar-refractivity contribution in [2.24, 2.45) is 5.73 Å². The lowest BCUT2D eigenvalue weighted by Gasteiger charge is -2.15. The first-order chi connectivity index (χ1) is 12.5. The topological polar surface area (TPSA) is 110 Å². The highest BCUT2D eigenvalue weighted by molar-refractivity contribution is 7.09. The number of esters is 1. The number of rotatable bonds is 9. The number of carbonyl (C=O) groups excluding carboxylic acids is 2. The Morgan fingerprint density at radius 1 is 1.19 bits per heavy atom. The van der Waals surface area contributed by atoms with Gasteiger partial charge >= 0.3 is 5.97 Å². The first-order valence-corrected chi connectivity index (χ1v) is 8.64. The summed E-state index contributed by atoms with van der Waals surface area (Å²) in [5.74, 6) is -0.585. The molecule has 0 aliphatic heterocycles. The zero-order chi connectivity index (χ0) is 19.1. The van der Waals surface area contributed by atoms with Crippen LogP contribution >= 0.6 is 11.3 Å². The van der Waals surface area contributed by atoms with Gasteiger partial charge in [-0.25, -0.2) is 9.78 Å². The van der Waals surface area contributed by atoms with Gasteiger partial charge in [-0.15, -0.1) is 11.3 Å². The van der Waals surface area contributed by atoms with Gasteiger partial charge in [-0.2, -0.15) is 0 Å². The van der Waals surface area contributed by atoms with Crippen LogP contribution in [0.4, 0.5) is 0 Å². The molecule has 2 rings (SSSR count). The number of amides is 1. The number of ether oxygens (including phenoxy) is 4. The molecule has 8 nitrogen and oxygen atoms in total. The smallest absolute Gasteiger partial charge is 0.338 e. The summed E-state index contributed by atoms with van der Waals surface area (Å²) in [4.78, 5) is 27.6. The molecule has 0 saturated heterocycles. The van der Waals surface area contributed by atoms with Crippen LogP contribution in [0, 0.1) is 0 Å². The average molecular weight is 380 g/mol. The van der Waals surface area contributed by atoms with Crippen molar-refractivity contribution in [2.75, 3.05) is 20.8 Å². The van der Waals surface area contributed by atoms with Crippen molar-refractivity contribution in [3.8, 4) is 17.2 Å². The number of carbonyl (C=O) groups is 2. The zero-order valence-corrected chi connectivity index (χ0v) is 15.6. The molecule has 26 heavy (non-hydrogen) atoms. The first-order valence-electron chi connectivity index (χ1n) is 7.76. The summed E-state index contributed by atoms with van der Waals surface area (Å²) in [6.07, 6.45) is 0.833. The molecule has 0 aliphatic rings. The van der Waals surface area contributed by atoms with E-state index in [1.807, 2.05) is 12.3 Å². The Kier molecular flexibility index (Phi) is 6.79. The molecule has 0 fully saturated rings. The average Bonchev–Trinajstić information content (AvgIpc) is 3.11. The first kappa shape index (κ1) is 19.5. The summed E-state index contributed by atoms with van der Waals surface area (Å²) < 4.78 is 21.0. The number of aryl methyl sites for hydroxylation is 1. The number of benzene rings is 1. The van der Waals surface area contributed by atoms with Gasteiger partial charge < -0.3 is 24.7 Å². The maximum absolute atomic E-state index is 12.3. The van der Waals surface area contributed by atoms with Gasteiger partial charge in [-0.3, -0.25) is 4.79 Å². The molecular formula is C17H20N2O6S. The summed E-state index contributed by atoms with van der Waals surface area (Å²) in [5.41, 5.74) is 6.00. The summed E-state index contributed by atoms with van der Waals surface area (Å²) in [6.45, 7) is 1.73. The zero-order valence-electron chi connectivity index (χ0n) is 14.7. The van der Waals surface area contributed by atoms with Gasteiger partial charge in [0.15, 0.2) is 18.1 Å². The van der Waals surface area contributed by atoms with Crippen molar-refractivity contribution in [2.45, 2.75) is 20.0 Å². The minimum atomic E-state index is -0.646. The number of nitrogens with two attached hydrogens (primary N) is 1. The molecule has 0 aliphatic carbocycles. The molecule has 0 unspecified atom stereocenters. The van der Waals surface area contributed by atoms with Gasteiger partial charge in [-0.05, 0) is 18.6 Å². The van der Waals surface area contributed by atoms with E-state index in [-0.39, 0.29) is 36.0 Å².